The van der Waals surface area contributed by atoms with Crippen molar-refractivity contribution in [2.75, 3.05) is 27.3 Å². The minimum atomic E-state index is -3.22. The number of hydrogen-bond acceptors (Lipinski definition) is 10. The second-order valence-corrected chi connectivity index (χ2v) is 16.9. The molecule has 0 bridgehead atoms. The van der Waals surface area contributed by atoms with Crippen LogP contribution in [-0.2, 0) is 19.1 Å². The van der Waals surface area contributed by atoms with Crippen LogP contribution in [0.4, 0.5) is 22.8 Å². The van der Waals surface area contributed by atoms with Gasteiger partial charge in [0.25, 0.3) is 5.92 Å². The highest BCUT2D eigenvalue weighted by Gasteiger charge is 2.48. The maximum Gasteiger partial charge on any atom is 0.407 e. The minimum Gasteiger partial charge on any atom is -0.470 e. The van der Waals surface area contributed by atoms with Crippen molar-refractivity contribution in [1.29, 1.82) is 0 Å². The van der Waals surface area contributed by atoms with Crippen LogP contribution in [0.3, 0.4) is 0 Å². The predicted octanol–water partition coefficient (Wildman–Crippen LogP) is 6.70. The first-order chi connectivity index (χ1) is 30.0. The number of halogens is 3. The number of benzene rings is 2. The lowest BCUT2D eigenvalue weighted by Crippen LogP contribution is -2.51. The largest absolute Gasteiger partial charge is 0.470 e. The molecule has 0 radical (unpaired) electrons. The van der Waals surface area contributed by atoms with Crippen LogP contribution in [-0.4, -0.2) is 93.7 Å². The van der Waals surface area contributed by atoms with E-state index in [-0.39, 0.29) is 29.4 Å². The van der Waals surface area contributed by atoms with Crippen molar-refractivity contribution in [2.24, 2.45) is 11.8 Å². The number of amides is 4. The molecule has 16 nitrogen and oxygen atoms in total. The molecule has 4 amide bonds. The molecule has 8 rings (SSSR count). The van der Waals surface area contributed by atoms with Gasteiger partial charge < -0.3 is 54.8 Å². The van der Waals surface area contributed by atoms with Crippen LogP contribution in [0.5, 0.6) is 5.75 Å². The Morgan fingerprint density at radius 2 is 1.63 bits per heavy atom. The third kappa shape index (κ3) is 7.88. The Labute approximate surface area is 361 Å². The number of fused-ring (bicyclic) bond motifs is 5. The number of aromatic amines is 1. The highest BCUT2D eigenvalue weighted by molar-refractivity contribution is 5.93. The van der Waals surface area contributed by atoms with Crippen LogP contribution >= 0.6 is 0 Å². The fourth-order valence-electron chi connectivity index (χ4n) is 8.82. The number of alkyl carbamates (subject to hydrolysis) is 2. The molecule has 2 saturated heterocycles. The van der Waals surface area contributed by atoms with Crippen LogP contribution in [0.25, 0.3) is 39.1 Å². The van der Waals surface area contributed by atoms with E-state index in [4.69, 9.17) is 9.47 Å². The summed E-state index contributed by atoms with van der Waals surface area (Å²) >= 11 is 0. The summed E-state index contributed by atoms with van der Waals surface area (Å²) < 4.78 is 64.2. The van der Waals surface area contributed by atoms with Gasteiger partial charge in [0.15, 0.2) is 12.0 Å². The number of nitrogens with zero attached hydrogens (tertiary/aromatic N) is 4. The van der Waals surface area contributed by atoms with Gasteiger partial charge in [-0.1, -0.05) is 39.8 Å². The number of carbonyl (C=O) groups is 4. The number of methoxy groups -OCH3 is 2. The molecule has 0 saturated carbocycles. The van der Waals surface area contributed by atoms with Crippen molar-refractivity contribution < 1.29 is 46.6 Å². The summed E-state index contributed by atoms with van der Waals surface area (Å²) in [5.41, 5.74) is 3.93. The maximum atomic E-state index is 16.7. The summed E-state index contributed by atoms with van der Waals surface area (Å²) in [7, 11) is 2.41. The quantitative estimate of drug-likeness (QED) is 0.121. The lowest BCUT2D eigenvalue weighted by molar-refractivity contribution is -0.135. The Kier molecular flexibility index (Phi) is 11.3. The number of hydrogen-bond donors (Lipinski definition) is 5. The second-order valence-electron chi connectivity index (χ2n) is 16.9. The molecule has 4 aliphatic heterocycles. The molecule has 6 heterocycles. The molecule has 2 fully saturated rings. The third-order valence-electron chi connectivity index (χ3n) is 12.0. The molecule has 4 atom stereocenters. The number of imidazole rings is 1. The van der Waals surface area contributed by atoms with E-state index in [2.05, 4.69) is 36.0 Å². The molecule has 0 aliphatic carbocycles. The van der Waals surface area contributed by atoms with E-state index in [0.29, 0.717) is 63.7 Å². The first-order valence-electron chi connectivity index (χ1n) is 20.9. The van der Waals surface area contributed by atoms with Crippen molar-refractivity contribution in [3.63, 3.8) is 0 Å². The van der Waals surface area contributed by atoms with Crippen LogP contribution in [0.1, 0.15) is 77.5 Å². The molecule has 1 unspecified atom stereocenters. The molecule has 2 aromatic carbocycles. The number of carbonyl (C=O) groups excluding carboxylic acids is 4. The summed E-state index contributed by atoms with van der Waals surface area (Å²) in [4.78, 5) is 62.0. The normalized spacial score (nSPS) is 21.0. The van der Waals surface area contributed by atoms with Crippen molar-refractivity contribution in [3.05, 3.63) is 77.5 Å². The average molecular weight is 874 g/mol. The Balaban J connectivity index is 1.04. The fraction of sp³-hybridized carbons (Fsp3) is 0.432. The van der Waals surface area contributed by atoms with Crippen molar-refractivity contribution in [1.82, 2.24) is 45.6 Å². The van der Waals surface area contributed by atoms with Gasteiger partial charge >= 0.3 is 12.2 Å². The van der Waals surface area contributed by atoms with Crippen molar-refractivity contribution in [3.8, 4) is 28.3 Å². The van der Waals surface area contributed by atoms with Gasteiger partial charge in [-0.15, -0.1) is 0 Å². The first-order valence-corrected chi connectivity index (χ1v) is 20.9. The standard InChI is InChI=1S/C44H50F3N9O7/c1-21(2)35(52-42(59)61-6)40(57)54-14-8-9-31(54)38-48-19-29(50-38)25-10-12-26-33(16-25)63-23(5)56-30-13-11-24(15-27(30)34(45)37(26)56)28-18-49-39(51-28)32-17-44(46,47)20-55(32)41(58)36(22(3)4)53-43(60)62-7/h10-13,15-16,18-19,21-23,31,35-36,49,51H,8-9,14,17,20H2,1-7H3,(H,48,50)(H,52,59)(H,53,60)/b39-32+/t23?,31-,35-,36-/m0/s1. The Morgan fingerprint density at radius 1 is 0.952 bits per heavy atom. The highest BCUT2D eigenvalue weighted by atomic mass is 19.3. The Bertz CT molecular complexity index is 2570. The average Bonchev–Trinajstić information content (AvgIpc) is 4.11. The number of ether oxygens (including phenoxy) is 3. The van der Waals surface area contributed by atoms with E-state index in [1.807, 2.05) is 32.9 Å². The van der Waals surface area contributed by atoms with Gasteiger partial charge in [-0.05, 0) is 55.9 Å². The third-order valence-corrected chi connectivity index (χ3v) is 12.0. The second kappa shape index (κ2) is 16.6. The summed E-state index contributed by atoms with van der Waals surface area (Å²) in [6.45, 7) is 8.57. The Morgan fingerprint density at radius 3 is 2.32 bits per heavy atom. The number of H-pyrrole nitrogens is 1. The summed E-state index contributed by atoms with van der Waals surface area (Å²) in [5, 5.41) is 11.5. The van der Waals surface area contributed by atoms with E-state index in [9.17, 15) is 28.0 Å². The first kappa shape index (κ1) is 43.0. The van der Waals surface area contributed by atoms with E-state index in [0.717, 1.165) is 24.0 Å². The van der Waals surface area contributed by atoms with Crippen molar-refractivity contribution in [2.45, 2.75) is 84.2 Å². The van der Waals surface area contributed by atoms with Gasteiger partial charge in [0, 0.05) is 34.8 Å². The van der Waals surface area contributed by atoms with Gasteiger partial charge in [-0.3, -0.25) is 9.59 Å². The zero-order valence-electron chi connectivity index (χ0n) is 35.9. The summed E-state index contributed by atoms with van der Waals surface area (Å²) in [6.07, 6.45) is 1.87. The molecule has 0 spiro atoms. The number of nitrogens with one attached hydrogen (secondary N) is 5. The fourth-order valence-corrected chi connectivity index (χ4v) is 8.82. The number of alkyl halides is 2. The molecule has 63 heavy (non-hydrogen) atoms. The molecule has 5 N–H and O–H groups in total. The molecule has 4 aromatic rings. The molecular formula is C44H50F3N9O7. The Hall–Kier alpha value is -6.66. The SMILES string of the molecule is COC(=O)N[C@H](C(=O)N1CC(F)(F)C/C1=C1/NC=C(c2ccc3c(c2)c(F)c2n3C(C)Oc3cc(-c4cnc([C@@H]5CCCN5C(=O)[C@@H](NC(=O)OC)C(C)C)[nH]4)ccc3-2)N1)C(C)C. The van der Waals surface area contributed by atoms with Gasteiger partial charge in [0.2, 0.25) is 11.8 Å². The smallest absolute Gasteiger partial charge is 0.407 e. The maximum absolute atomic E-state index is 16.7. The van der Waals surface area contributed by atoms with Gasteiger partial charge in [-0.2, -0.15) is 0 Å². The van der Waals surface area contributed by atoms with E-state index in [1.165, 1.54) is 7.11 Å². The predicted molar refractivity (Wildman–Crippen MR) is 225 cm³/mol. The number of allylic oxidation sites excluding steroid dienone is 1. The zero-order valence-corrected chi connectivity index (χ0v) is 35.9. The topological polar surface area (TPSA) is 184 Å². The molecule has 4 aliphatic rings. The number of likely N-dealkylation sites (tertiary alicyclic amines) is 2. The minimum absolute atomic E-state index is 0.0221. The highest BCUT2D eigenvalue weighted by Crippen LogP contribution is 2.46. The summed E-state index contributed by atoms with van der Waals surface area (Å²) in [6, 6.07) is 8.49. The van der Waals surface area contributed by atoms with E-state index in [1.54, 1.807) is 60.0 Å². The molecule has 334 valence electrons. The number of rotatable bonds is 9. The zero-order chi connectivity index (χ0) is 45.1. The molecule has 2 aromatic heterocycles. The summed E-state index contributed by atoms with van der Waals surface area (Å²) in [5.74, 6) is -3.95. The molecular weight excluding hydrogens is 824 g/mol. The van der Waals surface area contributed by atoms with Gasteiger partial charge in [0.1, 0.15) is 29.5 Å². The lowest BCUT2D eigenvalue weighted by atomic mass is 10.0. The van der Waals surface area contributed by atoms with Crippen LogP contribution in [0, 0.1) is 17.7 Å². The lowest BCUT2D eigenvalue weighted by Gasteiger charge is -2.30. The van der Waals surface area contributed by atoms with Crippen LogP contribution in [0.2, 0.25) is 0 Å². The number of aromatic nitrogens is 3. The van der Waals surface area contributed by atoms with Crippen LogP contribution < -0.4 is 26.0 Å². The van der Waals surface area contributed by atoms with E-state index < -0.39 is 67.0 Å². The van der Waals surface area contributed by atoms with Gasteiger partial charge in [0.05, 0.1) is 67.7 Å². The van der Waals surface area contributed by atoms with E-state index >= 15 is 4.39 Å². The monoisotopic (exact) mass is 873 g/mol. The van der Waals surface area contributed by atoms with Gasteiger partial charge in [-0.25, -0.2) is 27.7 Å². The molecule has 19 heteroatoms. The van der Waals surface area contributed by atoms with Crippen LogP contribution in [0.15, 0.2) is 60.3 Å². The van der Waals surface area contributed by atoms with Crippen molar-refractivity contribution >= 4 is 40.6 Å².